The third-order valence-corrected chi connectivity index (χ3v) is 7.44. The number of ether oxygens (including phenoxy) is 3. The number of piperazine rings is 1. The number of nitrogens with zero attached hydrogens (tertiary/aromatic N) is 2. The molecule has 0 unspecified atom stereocenters. The van der Waals surface area contributed by atoms with Crippen molar-refractivity contribution in [3.8, 4) is 17.2 Å². The van der Waals surface area contributed by atoms with Crippen LogP contribution in [0.1, 0.15) is 21.5 Å². The molecule has 0 N–H and O–H groups in total. The SMILES string of the molecule is COc1cc(C(=O)N2CCN(S(=O)(=O)c3cc(C)ccc3C)CC2)cc(OC)c1OC. The van der Waals surface area contributed by atoms with E-state index in [0.717, 1.165) is 5.56 Å². The van der Waals surface area contributed by atoms with E-state index in [1.54, 1.807) is 30.0 Å². The minimum atomic E-state index is -3.62. The predicted molar refractivity (Wildman–Crippen MR) is 117 cm³/mol. The fraction of sp³-hybridized carbons (Fsp3) is 0.409. The summed E-state index contributed by atoms with van der Waals surface area (Å²) in [6, 6.07) is 8.60. The maximum Gasteiger partial charge on any atom is 0.254 e. The molecular formula is C22H28N2O6S. The Morgan fingerprint density at radius 1 is 0.871 bits per heavy atom. The van der Waals surface area contributed by atoms with Crippen molar-refractivity contribution in [2.75, 3.05) is 47.5 Å². The zero-order valence-corrected chi connectivity index (χ0v) is 19.3. The minimum absolute atomic E-state index is 0.219. The van der Waals surface area contributed by atoms with Gasteiger partial charge in [-0.1, -0.05) is 12.1 Å². The van der Waals surface area contributed by atoms with Crippen molar-refractivity contribution in [3.05, 3.63) is 47.0 Å². The number of methoxy groups -OCH3 is 3. The number of hydrogen-bond donors (Lipinski definition) is 0. The Balaban J connectivity index is 1.78. The lowest BCUT2D eigenvalue weighted by Crippen LogP contribution is -2.50. The van der Waals surface area contributed by atoms with E-state index < -0.39 is 10.0 Å². The van der Waals surface area contributed by atoms with Crippen LogP contribution in [0, 0.1) is 13.8 Å². The first-order chi connectivity index (χ1) is 14.7. The van der Waals surface area contributed by atoms with Crippen LogP contribution in [-0.2, 0) is 10.0 Å². The van der Waals surface area contributed by atoms with E-state index in [1.165, 1.54) is 25.6 Å². The molecule has 2 aromatic rings. The Morgan fingerprint density at radius 3 is 1.97 bits per heavy atom. The molecule has 2 aromatic carbocycles. The van der Waals surface area contributed by atoms with Gasteiger partial charge >= 0.3 is 0 Å². The summed E-state index contributed by atoms with van der Waals surface area (Å²) in [4.78, 5) is 15.0. The van der Waals surface area contributed by atoms with Gasteiger partial charge in [0, 0.05) is 31.7 Å². The van der Waals surface area contributed by atoms with Crippen LogP contribution in [0.15, 0.2) is 35.2 Å². The lowest BCUT2D eigenvalue weighted by molar-refractivity contribution is 0.0697. The predicted octanol–water partition coefficient (Wildman–Crippen LogP) is 2.48. The minimum Gasteiger partial charge on any atom is -0.493 e. The summed E-state index contributed by atoms with van der Waals surface area (Å²) >= 11 is 0. The molecule has 9 heteroatoms. The summed E-state index contributed by atoms with van der Waals surface area (Å²) < 4.78 is 43.6. The normalized spacial score (nSPS) is 14.9. The molecule has 0 aromatic heterocycles. The van der Waals surface area contributed by atoms with Crippen LogP contribution in [0.2, 0.25) is 0 Å². The molecule has 0 bridgehead atoms. The van der Waals surface area contributed by atoms with Gasteiger partial charge in [-0.25, -0.2) is 8.42 Å². The Kier molecular flexibility index (Phi) is 6.76. The van der Waals surface area contributed by atoms with E-state index in [4.69, 9.17) is 14.2 Å². The molecule has 1 fully saturated rings. The van der Waals surface area contributed by atoms with Crippen LogP contribution in [-0.4, -0.2) is 71.0 Å². The average molecular weight is 449 g/mol. The molecule has 168 valence electrons. The number of aryl methyl sites for hydroxylation is 2. The molecule has 31 heavy (non-hydrogen) atoms. The second-order valence-corrected chi connectivity index (χ2v) is 9.29. The number of amides is 1. The lowest BCUT2D eigenvalue weighted by atomic mass is 10.1. The van der Waals surface area contributed by atoms with Crippen molar-refractivity contribution < 1.29 is 27.4 Å². The van der Waals surface area contributed by atoms with Crippen LogP contribution < -0.4 is 14.2 Å². The van der Waals surface area contributed by atoms with E-state index in [9.17, 15) is 13.2 Å². The Labute approximate surface area is 183 Å². The second-order valence-electron chi connectivity index (χ2n) is 7.38. The largest absolute Gasteiger partial charge is 0.493 e. The maximum absolute atomic E-state index is 13.1. The van der Waals surface area contributed by atoms with Crippen molar-refractivity contribution in [1.82, 2.24) is 9.21 Å². The van der Waals surface area contributed by atoms with Gasteiger partial charge in [-0.05, 0) is 43.2 Å². The first-order valence-corrected chi connectivity index (χ1v) is 11.3. The highest BCUT2D eigenvalue weighted by atomic mass is 32.2. The zero-order valence-electron chi connectivity index (χ0n) is 18.5. The fourth-order valence-corrected chi connectivity index (χ4v) is 5.37. The quantitative estimate of drug-likeness (QED) is 0.675. The molecule has 0 aliphatic carbocycles. The maximum atomic E-state index is 13.1. The van der Waals surface area contributed by atoms with Crippen molar-refractivity contribution >= 4 is 15.9 Å². The molecule has 1 aliphatic rings. The van der Waals surface area contributed by atoms with Gasteiger partial charge in [-0.3, -0.25) is 4.79 Å². The summed E-state index contributed by atoms with van der Waals surface area (Å²) in [7, 11) is 0.854. The van der Waals surface area contributed by atoms with Gasteiger partial charge in [0.1, 0.15) is 0 Å². The van der Waals surface area contributed by atoms with Crippen molar-refractivity contribution in [3.63, 3.8) is 0 Å². The van der Waals surface area contributed by atoms with Gasteiger partial charge in [0.25, 0.3) is 5.91 Å². The lowest BCUT2D eigenvalue weighted by Gasteiger charge is -2.34. The van der Waals surface area contributed by atoms with Crippen molar-refractivity contribution in [1.29, 1.82) is 0 Å². The molecule has 0 saturated carbocycles. The Morgan fingerprint density at radius 2 is 1.45 bits per heavy atom. The van der Waals surface area contributed by atoms with Gasteiger partial charge in [-0.15, -0.1) is 0 Å². The van der Waals surface area contributed by atoms with E-state index >= 15 is 0 Å². The number of carbonyl (C=O) groups excluding carboxylic acids is 1. The molecular weight excluding hydrogens is 420 g/mol. The fourth-order valence-electron chi connectivity index (χ4n) is 3.64. The topological polar surface area (TPSA) is 85.4 Å². The Bertz CT molecular complexity index is 1050. The number of hydrogen-bond acceptors (Lipinski definition) is 6. The van der Waals surface area contributed by atoms with E-state index in [2.05, 4.69) is 0 Å². The van der Waals surface area contributed by atoms with Crippen LogP contribution in [0.4, 0.5) is 0 Å². The highest BCUT2D eigenvalue weighted by Crippen LogP contribution is 2.38. The standard InChI is InChI=1S/C22H28N2O6S/c1-15-6-7-16(2)20(12-15)31(26,27)24-10-8-23(9-11-24)22(25)17-13-18(28-3)21(30-5)19(14-17)29-4/h6-7,12-14H,8-11H2,1-5H3. The van der Waals surface area contributed by atoms with Crippen LogP contribution in [0.5, 0.6) is 17.2 Å². The highest BCUT2D eigenvalue weighted by Gasteiger charge is 2.32. The Hall–Kier alpha value is -2.78. The number of sulfonamides is 1. The van der Waals surface area contributed by atoms with Crippen LogP contribution in [0.3, 0.4) is 0 Å². The summed E-state index contributed by atoms with van der Waals surface area (Å²) in [5.74, 6) is 0.969. The van der Waals surface area contributed by atoms with Gasteiger partial charge in [0.15, 0.2) is 11.5 Å². The smallest absolute Gasteiger partial charge is 0.254 e. The summed E-state index contributed by atoms with van der Waals surface area (Å²) in [5, 5.41) is 0. The summed E-state index contributed by atoms with van der Waals surface area (Å²) in [6.07, 6.45) is 0. The van der Waals surface area contributed by atoms with Crippen LogP contribution >= 0.6 is 0 Å². The number of carbonyl (C=O) groups is 1. The van der Waals surface area contributed by atoms with Crippen LogP contribution in [0.25, 0.3) is 0 Å². The van der Waals surface area contributed by atoms with Gasteiger partial charge in [0.2, 0.25) is 15.8 Å². The third kappa shape index (κ3) is 4.47. The van der Waals surface area contributed by atoms with E-state index in [1.807, 2.05) is 19.1 Å². The monoisotopic (exact) mass is 448 g/mol. The third-order valence-electron chi connectivity index (χ3n) is 5.40. The van der Waals surface area contributed by atoms with Crippen molar-refractivity contribution in [2.45, 2.75) is 18.7 Å². The summed E-state index contributed by atoms with van der Waals surface area (Å²) in [5.41, 5.74) is 1.99. The molecule has 3 rings (SSSR count). The molecule has 0 spiro atoms. The zero-order chi connectivity index (χ0) is 22.8. The van der Waals surface area contributed by atoms with E-state index in [-0.39, 0.29) is 19.0 Å². The molecule has 0 radical (unpaired) electrons. The molecule has 8 nitrogen and oxygen atoms in total. The van der Waals surface area contributed by atoms with Crippen molar-refractivity contribution in [2.24, 2.45) is 0 Å². The van der Waals surface area contributed by atoms with E-state index in [0.29, 0.717) is 46.4 Å². The first-order valence-electron chi connectivity index (χ1n) is 9.89. The molecule has 0 atom stereocenters. The molecule has 1 saturated heterocycles. The molecule has 1 aliphatic heterocycles. The average Bonchev–Trinajstić information content (AvgIpc) is 2.79. The first kappa shape index (κ1) is 22.9. The second kappa shape index (κ2) is 9.15. The number of benzene rings is 2. The highest BCUT2D eigenvalue weighted by molar-refractivity contribution is 7.89. The van der Waals surface area contributed by atoms with Gasteiger partial charge < -0.3 is 19.1 Å². The molecule has 1 heterocycles. The molecule has 1 amide bonds. The number of rotatable bonds is 6. The van der Waals surface area contributed by atoms with Gasteiger partial charge in [0.05, 0.1) is 26.2 Å². The van der Waals surface area contributed by atoms with Gasteiger partial charge in [-0.2, -0.15) is 4.31 Å². The summed E-state index contributed by atoms with van der Waals surface area (Å²) in [6.45, 7) is 4.69.